The lowest BCUT2D eigenvalue weighted by Crippen LogP contribution is -2.39. The highest BCUT2D eigenvalue weighted by Crippen LogP contribution is 2.28. The fraction of sp³-hybridized carbons (Fsp3) is 0.227. The van der Waals surface area contributed by atoms with Crippen LogP contribution in [0.15, 0.2) is 59.4 Å². The molecule has 0 spiro atoms. The molecule has 7 nitrogen and oxygen atoms in total. The second kappa shape index (κ2) is 7.62. The summed E-state index contributed by atoms with van der Waals surface area (Å²) in [6, 6.07) is 12.4. The van der Waals surface area contributed by atoms with E-state index in [2.05, 4.69) is 20.1 Å². The smallest absolute Gasteiger partial charge is 0.255 e. The number of pyridine rings is 2. The topological polar surface area (TPSA) is 85.0 Å². The second-order valence-electron chi connectivity index (χ2n) is 7.32. The van der Waals surface area contributed by atoms with Crippen molar-refractivity contribution in [2.45, 2.75) is 18.8 Å². The number of halogens is 1. The summed E-state index contributed by atoms with van der Waals surface area (Å²) in [5.74, 6) is 0.236. The number of nitrogens with zero attached hydrogens (tertiary/aromatic N) is 5. The van der Waals surface area contributed by atoms with Crippen LogP contribution in [0.5, 0.6) is 0 Å². The third-order valence-corrected chi connectivity index (χ3v) is 5.29. The van der Waals surface area contributed by atoms with E-state index in [0.29, 0.717) is 36.1 Å². The fourth-order valence-electron chi connectivity index (χ4n) is 3.75. The Labute approximate surface area is 171 Å². The van der Waals surface area contributed by atoms with Gasteiger partial charge in [-0.25, -0.2) is 9.37 Å². The Bertz CT molecular complexity index is 1210. The summed E-state index contributed by atoms with van der Waals surface area (Å²) in [5, 5.41) is 4.90. The van der Waals surface area contributed by atoms with Crippen LogP contribution in [-0.2, 0) is 0 Å². The average Bonchev–Trinajstić information content (AvgIpc) is 3.29. The molecule has 30 heavy (non-hydrogen) atoms. The average molecular weight is 403 g/mol. The van der Waals surface area contributed by atoms with Gasteiger partial charge in [0.15, 0.2) is 0 Å². The zero-order valence-corrected chi connectivity index (χ0v) is 16.0. The van der Waals surface area contributed by atoms with Crippen LogP contribution in [0.4, 0.5) is 4.39 Å². The SMILES string of the molecule is O=C(c1cnc2ccccc2c1)N1CCCC(c2nc(-c3ccc(F)cn3)no2)C1. The zero-order chi connectivity index (χ0) is 20.5. The number of para-hydroxylation sites is 1. The van der Waals surface area contributed by atoms with Crippen molar-refractivity contribution in [1.82, 2.24) is 25.0 Å². The lowest BCUT2D eigenvalue weighted by atomic mass is 9.97. The number of amides is 1. The highest BCUT2D eigenvalue weighted by molar-refractivity contribution is 5.97. The predicted molar refractivity (Wildman–Crippen MR) is 107 cm³/mol. The molecule has 4 aromatic rings. The first-order valence-corrected chi connectivity index (χ1v) is 9.77. The molecule has 8 heteroatoms. The molecule has 0 bridgehead atoms. The van der Waals surface area contributed by atoms with E-state index in [4.69, 9.17) is 4.52 Å². The van der Waals surface area contributed by atoms with E-state index in [1.807, 2.05) is 30.3 Å². The number of piperidine rings is 1. The zero-order valence-electron chi connectivity index (χ0n) is 16.0. The summed E-state index contributed by atoms with van der Waals surface area (Å²) < 4.78 is 18.5. The van der Waals surface area contributed by atoms with Gasteiger partial charge in [0, 0.05) is 24.7 Å². The maximum absolute atomic E-state index is 13.1. The van der Waals surface area contributed by atoms with Gasteiger partial charge < -0.3 is 9.42 Å². The molecule has 1 aliphatic heterocycles. The molecule has 3 aromatic heterocycles. The highest BCUT2D eigenvalue weighted by atomic mass is 19.1. The van der Waals surface area contributed by atoms with Crippen molar-refractivity contribution < 1.29 is 13.7 Å². The Balaban J connectivity index is 1.34. The molecule has 0 saturated carbocycles. The molecule has 1 fully saturated rings. The van der Waals surface area contributed by atoms with Crippen LogP contribution >= 0.6 is 0 Å². The van der Waals surface area contributed by atoms with Gasteiger partial charge in [0.1, 0.15) is 11.5 Å². The van der Waals surface area contributed by atoms with Crippen LogP contribution < -0.4 is 0 Å². The molecule has 5 rings (SSSR count). The maximum atomic E-state index is 13.1. The molecule has 1 atom stereocenters. The number of benzene rings is 1. The van der Waals surface area contributed by atoms with E-state index in [9.17, 15) is 9.18 Å². The number of carbonyl (C=O) groups excluding carboxylic acids is 1. The Morgan fingerprint density at radius 2 is 2.03 bits per heavy atom. The molecule has 1 aliphatic rings. The summed E-state index contributed by atoms with van der Waals surface area (Å²) in [5.41, 5.74) is 1.87. The number of rotatable bonds is 3. The van der Waals surface area contributed by atoms with Crippen molar-refractivity contribution in [3.63, 3.8) is 0 Å². The summed E-state index contributed by atoms with van der Waals surface area (Å²) in [6.45, 7) is 1.16. The maximum Gasteiger partial charge on any atom is 0.255 e. The molecule has 0 aliphatic carbocycles. The Morgan fingerprint density at radius 1 is 1.13 bits per heavy atom. The summed E-state index contributed by atoms with van der Waals surface area (Å²) in [4.78, 5) is 27.7. The minimum absolute atomic E-state index is 0.0575. The van der Waals surface area contributed by atoms with Gasteiger partial charge >= 0.3 is 0 Å². The summed E-state index contributed by atoms with van der Waals surface area (Å²) in [7, 11) is 0. The highest BCUT2D eigenvalue weighted by Gasteiger charge is 2.29. The van der Waals surface area contributed by atoms with E-state index in [-0.39, 0.29) is 11.8 Å². The number of carbonyl (C=O) groups is 1. The van der Waals surface area contributed by atoms with Crippen LogP contribution in [0.25, 0.3) is 22.4 Å². The van der Waals surface area contributed by atoms with Crippen molar-refractivity contribution in [3.05, 3.63) is 72.1 Å². The molecule has 1 saturated heterocycles. The summed E-state index contributed by atoms with van der Waals surface area (Å²) in [6.07, 6.45) is 4.42. The van der Waals surface area contributed by atoms with Crippen molar-refractivity contribution in [1.29, 1.82) is 0 Å². The third kappa shape index (κ3) is 3.52. The van der Waals surface area contributed by atoms with Gasteiger partial charge in [-0.15, -0.1) is 0 Å². The van der Waals surface area contributed by atoms with Gasteiger partial charge in [-0.3, -0.25) is 9.78 Å². The molecule has 1 aromatic carbocycles. The molecule has 0 radical (unpaired) electrons. The second-order valence-corrected chi connectivity index (χ2v) is 7.32. The minimum atomic E-state index is -0.424. The van der Waals surface area contributed by atoms with Crippen molar-refractivity contribution in [2.24, 2.45) is 0 Å². The van der Waals surface area contributed by atoms with Gasteiger partial charge in [0.25, 0.3) is 5.91 Å². The molecule has 150 valence electrons. The van der Waals surface area contributed by atoms with Crippen molar-refractivity contribution >= 4 is 16.8 Å². The van der Waals surface area contributed by atoms with Crippen LogP contribution in [-0.4, -0.2) is 44.0 Å². The summed E-state index contributed by atoms with van der Waals surface area (Å²) >= 11 is 0. The van der Waals surface area contributed by atoms with E-state index >= 15 is 0 Å². The minimum Gasteiger partial charge on any atom is -0.339 e. The van der Waals surface area contributed by atoms with Gasteiger partial charge in [-0.1, -0.05) is 23.4 Å². The van der Waals surface area contributed by atoms with E-state index in [0.717, 1.165) is 29.9 Å². The molecular weight excluding hydrogens is 385 g/mol. The van der Waals surface area contributed by atoms with E-state index in [1.54, 1.807) is 11.1 Å². The van der Waals surface area contributed by atoms with Gasteiger partial charge in [-0.2, -0.15) is 4.98 Å². The predicted octanol–water partition coefficient (Wildman–Crippen LogP) is 3.84. The van der Waals surface area contributed by atoms with Crippen LogP contribution in [0.1, 0.15) is 35.0 Å². The van der Waals surface area contributed by atoms with E-state index < -0.39 is 5.82 Å². The number of hydrogen-bond acceptors (Lipinski definition) is 6. The lowest BCUT2D eigenvalue weighted by Gasteiger charge is -2.31. The van der Waals surface area contributed by atoms with Crippen molar-refractivity contribution in [2.75, 3.05) is 13.1 Å². The van der Waals surface area contributed by atoms with Crippen LogP contribution in [0.2, 0.25) is 0 Å². The van der Waals surface area contributed by atoms with Crippen LogP contribution in [0.3, 0.4) is 0 Å². The molecule has 1 amide bonds. The van der Waals surface area contributed by atoms with E-state index in [1.165, 1.54) is 12.1 Å². The molecule has 4 heterocycles. The lowest BCUT2D eigenvalue weighted by molar-refractivity contribution is 0.0695. The monoisotopic (exact) mass is 403 g/mol. The largest absolute Gasteiger partial charge is 0.339 e. The quantitative estimate of drug-likeness (QED) is 0.517. The Kier molecular flexibility index (Phi) is 4.66. The number of aromatic nitrogens is 4. The van der Waals surface area contributed by atoms with Gasteiger partial charge in [0.2, 0.25) is 11.7 Å². The standard InChI is InChI=1S/C22H18FN5O2/c23-17-7-8-19(25-12-17)20-26-21(30-27-20)15-5-3-9-28(13-15)22(29)16-10-14-4-1-2-6-18(14)24-11-16/h1-2,4,6-8,10-12,15H,3,5,9,13H2. The molecular formula is C22H18FN5O2. The number of hydrogen-bond donors (Lipinski definition) is 0. The van der Waals surface area contributed by atoms with Crippen LogP contribution in [0, 0.1) is 5.82 Å². The first kappa shape index (κ1) is 18.4. The first-order valence-electron chi connectivity index (χ1n) is 9.77. The Hall–Kier alpha value is -3.68. The van der Waals surface area contributed by atoms with Gasteiger partial charge in [0.05, 0.1) is 23.2 Å². The number of fused-ring (bicyclic) bond motifs is 1. The first-order chi connectivity index (χ1) is 14.7. The fourth-order valence-corrected chi connectivity index (χ4v) is 3.75. The molecule has 1 unspecified atom stereocenters. The van der Waals surface area contributed by atoms with Crippen molar-refractivity contribution in [3.8, 4) is 11.5 Å². The normalized spacial score (nSPS) is 16.7. The Morgan fingerprint density at radius 3 is 2.90 bits per heavy atom. The third-order valence-electron chi connectivity index (χ3n) is 5.29. The molecule has 0 N–H and O–H groups in total. The number of likely N-dealkylation sites (tertiary alicyclic amines) is 1. The van der Waals surface area contributed by atoms with Gasteiger partial charge in [-0.05, 0) is 37.1 Å².